The number of aromatic amines is 1. The molecule has 2 unspecified atom stereocenters. The molecule has 30 heavy (non-hydrogen) atoms. The topological polar surface area (TPSA) is 107 Å². The predicted octanol–water partition coefficient (Wildman–Crippen LogP) is 3.65. The van der Waals surface area contributed by atoms with Crippen molar-refractivity contribution >= 4 is 28.4 Å². The number of primary amides is 1. The SMILES string of the molecule is CC1CCC(c2cc(=O)c3c(C(N)=O)nccc3[nH]2)CO1.COc1ccccc1Cl. The van der Waals surface area contributed by atoms with Gasteiger partial charge in [-0.3, -0.25) is 14.6 Å². The minimum absolute atomic E-state index is 0.00816. The standard InChI is InChI=1S/C15H17N3O3.C7H7ClO/c1-8-2-3-9(7-21-8)11-6-12(19)13-10(18-11)4-5-17-14(13)15(16)20;1-9-7-5-3-2-4-6(7)8/h4-6,8-9H,2-3,7H2,1H3,(H2,16,20)(H,18,19);2-5H,1H3. The molecule has 3 heterocycles. The van der Waals surface area contributed by atoms with Gasteiger partial charge >= 0.3 is 0 Å². The molecule has 3 N–H and O–H groups in total. The molecule has 0 saturated carbocycles. The number of hydrogen-bond acceptors (Lipinski definition) is 5. The molecule has 7 nitrogen and oxygen atoms in total. The van der Waals surface area contributed by atoms with Crippen LogP contribution in [0.4, 0.5) is 0 Å². The molecule has 1 amide bonds. The van der Waals surface area contributed by atoms with Crippen LogP contribution in [0.25, 0.3) is 10.9 Å². The van der Waals surface area contributed by atoms with E-state index in [1.54, 1.807) is 19.2 Å². The number of methoxy groups -OCH3 is 1. The van der Waals surface area contributed by atoms with E-state index in [9.17, 15) is 9.59 Å². The summed E-state index contributed by atoms with van der Waals surface area (Å²) in [7, 11) is 1.60. The molecule has 0 bridgehead atoms. The van der Waals surface area contributed by atoms with E-state index < -0.39 is 5.91 Å². The second-order valence-electron chi connectivity index (χ2n) is 7.09. The van der Waals surface area contributed by atoms with E-state index >= 15 is 0 Å². The molecule has 158 valence electrons. The van der Waals surface area contributed by atoms with Gasteiger partial charge in [0.15, 0.2) is 5.43 Å². The molecular formula is C22H24ClN3O4. The first kappa shape index (κ1) is 21.8. The summed E-state index contributed by atoms with van der Waals surface area (Å²) in [5, 5.41) is 0.902. The van der Waals surface area contributed by atoms with Crippen molar-refractivity contribution in [3.63, 3.8) is 0 Å². The van der Waals surface area contributed by atoms with Crippen LogP contribution in [0.3, 0.4) is 0 Å². The number of nitrogens with zero attached hydrogens (tertiary/aromatic N) is 1. The number of ether oxygens (including phenoxy) is 2. The average Bonchev–Trinajstić information content (AvgIpc) is 2.74. The lowest BCUT2D eigenvalue weighted by atomic mass is 9.95. The number of aromatic nitrogens is 2. The van der Waals surface area contributed by atoms with Gasteiger partial charge in [0.05, 0.1) is 35.7 Å². The van der Waals surface area contributed by atoms with Crippen molar-refractivity contribution in [2.75, 3.05) is 13.7 Å². The normalized spacial score (nSPS) is 18.4. The largest absolute Gasteiger partial charge is 0.495 e. The van der Waals surface area contributed by atoms with Gasteiger partial charge in [-0.05, 0) is 38.0 Å². The number of nitrogens with one attached hydrogen (secondary N) is 1. The monoisotopic (exact) mass is 429 g/mol. The van der Waals surface area contributed by atoms with E-state index in [1.165, 1.54) is 12.3 Å². The van der Waals surface area contributed by atoms with Crippen LogP contribution in [0.15, 0.2) is 47.4 Å². The summed E-state index contributed by atoms with van der Waals surface area (Å²) in [6.45, 7) is 2.64. The van der Waals surface area contributed by atoms with E-state index in [0.717, 1.165) is 24.3 Å². The fourth-order valence-corrected chi connectivity index (χ4v) is 3.58. The third-order valence-corrected chi connectivity index (χ3v) is 5.31. The van der Waals surface area contributed by atoms with Crippen LogP contribution in [-0.4, -0.2) is 35.7 Å². The third kappa shape index (κ3) is 4.98. The van der Waals surface area contributed by atoms with Gasteiger partial charge in [-0.2, -0.15) is 0 Å². The average molecular weight is 430 g/mol. The number of hydrogen-bond donors (Lipinski definition) is 2. The van der Waals surface area contributed by atoms with Gasteiger partial charge in [-0.15, -0.1) is 0 Å². The predicted molar refractivity (Wildman–Crippen MR) is 116 cm³/mol. The Hall–Kier alpha value is -2.90. The number of fused-ring (bicyclic) bond motifs is 1. The van der Waals surface area contributed by atoms with Crippen molar-refractivity contribution in [3.05, 3.63) is 69.2 Å². The lowest BCUT2D eigenvalue weighted by Crippen LogP contribution is -2.24. The molecule has 2 atom stereocenters. The lowest BCUT2D eigenvalue weighted by Gasteiger charge is -2.27. The zero-order chi connectivity index (χ0) is 21.7. The summed E-state index contributed by atoms with van der Waals surface area (Å²) in [6, 6.07) is 10.6. The van der Waals surface area contributed by atoms with E-state index in [-0.39, 0.29) is 28.5 Å². The first-order chi connectivity index (χ1) is 14.4. The molecule has 1 aromatic carbocycles. The summed E-state index contributed by atoms with van der Waals surface area (Å²) in [6.07, 6.45) is 3.67. The summed E-state index contributed by atoms with van der Waals surface area (Å²) in [4.78, 5) is 30.8. The van der Waals surface area contributed by atoms with Gasteiger partial charge in [0, 0.05) is 23.9 Å². The molecule has 1 aliphatic rings. The van der Waals surface area contributed by atoms with Gasteiger partial charge in [0.1, 0.15) is 11.4 Å². The Bertz CT molecular complexity index is 1090. The molecule has 0 radical (unpaired) electrons. The zero-order valence-corrected chi connectivity index (χ0v) is 17.6. The number of nitrogens with two attached hydrogens (primary N) is 1. The van der Waals surface area contributed by atoms with Crippen molar-refractivity contribution in [1.82, 2.24) is 9.97 Å². The molecule has 8 heteroatoms. The van der Waals surface area contributed by atoms with Gasteiger partial charge in [-0.25, -0.2) is 0 Å². The zero-order valence-electron chi connectivity index (χ0n) is 16.9. The number of pyridine rings is 2. The molecule has 3 aromatic rings. The van der Waals surface area contributed by atoms with E-state index in [2.05, 4.69) is 9.97 Å². The Morgan fingerprint density at radius 2 is 2.07 bits per heavy atom. The van der Waals surface area contributed by atoms with Gasteiger partial charge in [0.2, 0.25) is 0 Å². The highest BCUT2D eigenvalue weighted by Gasteiger charge is 2.22. The van der Waals surface area contributed by atoms with E-state index in [1.807, 2.05) is 25.1 Å². The Labute approximate surface area is 179 Å². The number of para-hydroxylation sites is 1. The lowest BCUT2D eigenvalue weighted by molar-refractivity contribution is 0.0147. The number of halogens is 1. The highest BCUT2D eigenvalue weighted by molar-refractivity contribution is 6.32. The van der Waals surface area contributed by atoms with Crippen LogP contribution >= 0.6 is 11.6 Å². The molecule has 0 spiro atoms. The summed E-state index contributed by atoms with van der Waals surface area (Å²) >= 11 is 5.70. The fraction of sp³-hybridized carbons (Fsp3) is 0.318. The second kappa shape index (κ2) is 9.73. The van der Waals surface area contributed by atoms with E-state index in [4.69, 9.17) is 26.8 Å². The van der Waals surface area contributed by atoms with Gasteiger partial charge < -0.3 is 20.2 Å². The maximum atomic E-state index is 12.3. The third-order valence-electron chi connectivity index (χ3n) is 5.00. The number of amides is 1. The fourth-order valence-electron chi connectivity index (χ4n) is 3.37. The van der Waals surface area contributed by atoms with Crippen LogP contribution in [-0.2, 0) is 4.74 Å². The molecule has 0 aliphatic carbocycles. The minimum atomic E-state index is -0.700. The number of carbonyl (C=O) groups excluding carboxylic acids is 1. The number of H-pyrrole nitrogens is 1. The molecular weight excluding hydrogens is 406 g/mol. The van der Waals surface area contributed by atoms with Gasteiger partial charge in [0.25, 0.3) is 5.91 Å². The van der Waals surface area contributed by atoms with Crippen LogP contribution in [0.1, 0.15) is 41.9 Å². The first-order valence-corrected chi connectivity index (χ1v) is 10.00. The van der Waals surface area contributed by atoms with Crippen LogP contribution in [0, 0.1) is 0 Å². The Balaban J connectivity index is 0.000000239. The molecule has 2 aromatic heterocycles. The van der Waals surface area contributed by atoms with Gasteiger partial charge in [-0.1, -0.05) is 23.7 Å². The highest BCUT2D eigenvalue weighted by Crippen LogP contribution is 2.27. The van der Waals surface area contributed by atoms with Crippen LogP contribution < -0.4 is 15.9 Å². The van der Waals surface area contributed by atoms with Crippen LogP contribution in [0.2, 0.25) is 5.02 Å². The summed E-state index contributed by atoms with van der Waals surface area (Å²) < 4.78 is 10.6. The Morgan fingerprint density at radius 3 is 2.67 bits per heavy atom. The smallest absolute Gasteiger partial charge is 0.268 e. The van der Waals surface area contributed by atoms with Crippen molar-refractivity contribution in [3.8, 4) is 5.75 Å². The number of carbonyl (C=O) groups is 1. The summed E-state index contributed by atoms with van der Waals surface area (Å²) in [5.41, 5.74) is 6.46. The molecule has 1 aliphatic heterocycles. The molecule has 1 fully saturated rings. The minimum Gasteiger partial charge on any atom is -0.495 e. The van der Waals surface area contributed by atoms with Crippen molar-refractivity contribution < 1.29 is 14.3 Å². The van der Waals surface area contributed by atoms with Crippen molar-refractivity contribution in [2.24, 2.45) is 5.73 Å². The van der Waals surface area contributed by atoms with Crippen molar-refractivity contribution in [1.29, 1.82) is 0 Å². The Morgan fingerprint density at radius 1 is 1.30 bits per heavy atom. The summed E-state index contributed by atoms with van der Waals surface area (Å²) in [5.74, 6) is 0.191. The Kier molecular flexibility index (Phi) is 7.07. The second-order valence-corrected chi connectivity index (χ2v) is 7.50. The highest BCUT2D eigenvalue weighted by atomic mass is 35.5. The quantitative estimate of drug-likeness (QED) is 0.660. The van der Waals surface area contributed by atoms with E-state index in [0.29, 0.717) is 17.1 Å². The first-order valence-electron chi connectivity index (χ1n) is 9.62. The van der Waals surface area contributed by atoms with Crippen LogP contribution in [0.5, 0.6) is 5.75 Å². The maximum absolute atomic E-state index is 12.3. The number of rotatable bonds is 3. The van der Waals surface area contributed by atoms with Crippen molar-refractivity contribution in [2.45, 2.75) is 31.8 Å². The maximum Gasteiger partial charge on any atom is 0.268 e. The molecule has 4 rings (SSSR count). The molecule has 1 saturated heterocycles. The number of benzene rings is 1.